The molecule has 5 nitrogen and oxygen atoms in total. The third kappa shape index (κ3) is 2.86. The summed E-state index contributed by atoms with van der Waals surface area (Å²) in [7, 11) is 0. The number of hydrogen-bond donors (Lipinski definition) is 0. The number of likely N-dealkylation sites (tertiary alicyclic amines) is 1. The van der Waals surface area contributed by atoms with Gasteiger partial charge in [-0.05, 0) is 13.0 Å². The summed E-state index contributed by atoms with van der Waals surface area (Å²) >= 11 is 5.91. The summed E-state index contributed by atoms with van der Waals surface area (Å²) in [6.07, 6.45) is -3.27. The number of alkyl halides is 3. The van der Waals surface area contributed by atoms with Gasteiger partial charge in [0.05, 0.1) is 16.3 Å². The van der Waals surface area contributed by atoms with Crippen LogP contribution in [-0.2, 0) is 11.0 Å². The fraction of sp³-hybridized carbons (Fsp3) is 0.400. The van der Waals surface area contributed by atoms with E-state index in [2.05, 4.69) is 4.98 Å². The van der Waals surface area contributed by atoms with E-state index in [1.54, 1.807) is 6.92 Å². The maximum Gasteiger partial charge on any atom is 0.417 e. The average molecular weight is 360 g/mol. The van der Waals surface area contributed by atoms with Crippen molar-refractivity contribution in [2.75, 3.05) is 13.1 Å². The van der Waals surface area contributed by atoms with Gasteiger partial charge < -0.3 is 4.90 Å². The molecule has 0 radical (unpaired) electrons. The number of piperidine rings is 1. The van der Waals surface area contributed by atoms with Crippen molar-refractivity contribution in [2.45, 2.75) is 25.9 Å². The molecule has 0 aliphatic carbocycles. The lowest BCUT2D eigenvalue weighted by atomic mass is 10.1. The lowest BCUT2D eigenvalue weighted by Crippen LogP contribution is -2.39. The summed E-state index contributed by atoms with van der Waals surface area (Å²) in [5, 5.41) is -0.180. The number of amides is 1. The zero-order chi connectivity index (χ0) is 17.6. The van der Waals surface area contributed by atoms with E-state index in [0.717, 1.165) is 16.7 Å². The first-order valence-electron chi connectivity index (χ1n) is 7.25. The van der Waals surface area contributed by atoms with Gasteiger partial charge in [-0.1, -0.05) is 11.6 Å². The Labute approximate surface area is 140 Å². The number of rotatable bonds is 1. The molecule has 1 amide bonds. The summed E-state index contributed by atoms with van der Waals surface area (Å²) in [4.78, 5) is 29.6. The Balaban J connectivity index is 2.10. The molecule has 0 N–H and O–H groups in total. The maximum absolute atomic E-state index is 13.0. The van der Waals surface area contributed by atoms with Crippen LogP contribution in [0.1, 0.15) is 34.6 Å². The molecular weight excluding hydrogens is 347 g/mol. The number of Topliss-reactive ketones (excluding diaryl/α,β-unsaturated/α-hetero) is 1. The predicted octanol–water partition coefficient (Wildman–Crippen LogP) is 3.12. The smallest absolute Gasteiger partial charge is 0.336 e. The highest BCUT2D eigenvalue weighted by Crippen LogP contribution is 2.33. The number of aromatic nitrogens is 2. The first-order valence-corrected chi connectivity index (χ1v) is 7.62. The second-order valence-electron chi connectivity index (χ2n) is 5.64. The third-order valence-corrected chi connectivity index (χ3v) is 4.27. The van der Waals surface area contributed by atoms with Crippen LogP contribution in [0.5, 0.6) is 0 Å². The Morgan fingerprint density at radius 1 is 1.29 bits per heavy atom. The molecule has 128 valence electrons. The largest absolute Gasteiger partial charge is 0.417 e. The molecule has 0 aromatic carbocycles. The Hall–Kier alpha value is -2.09. The fourth-order valence-electron chi connectivity index (χ4n) is 2.74. The molecule has 0 bridgehead atoms. The number of aryl methyl sites for hydroxylation is 1. The average Bonchev–Trinajstić information content (AvgIpc) is 2.83. The normalized spacial score (nSPS) is 16.0. The fourth-order valence-corrected chi connectivity index (χ4v) is 2.99. The minimum Gasteiger partial charge on any atom is -0.336 e. The molecule has 24 heavy (non-hydrogen) atoms. The quantitative estimate of drug-likeness (QED) is 0.786. The van der Waals surface area contributed by atoms with E-state index in [1.807, 2.05) is 0 Å². The maximum atomic E-state index is 13.0. The molecule has 1 aliphatic heterocycles. The van der Waals surface area contributed by atoms with Gasteiger partial charge in [0.15, 0.2) is 5.65 Å². The Morgan fingerprint density at radius 3 is 2.50 bits per heavy atom. The number of halogens is 4. The number of ketones is 1. The van der Waals surface area contributed by atoms with Crippen LogP contribution < -0.4 is 0 Å². The van der Waals surface area contributed by atoms with E-state index in [9.17, 15) is 22.8 Å². The summed E-state index contributed by atoms with van der Waals surface area (Å²) in [5.41, 5.74) is -0.538. The van der Waals surface area contributed by atoms with Crippen LogP contribution >= 0.6 is 11.6 Å². The molecule has 1 fully saturated rings. The van der Waals surface area contributed by atoms with Crippen molar-refractivity contribution in [2.24, 2.45) is 0 Å². The van der Waals surface area contributed by atoms with Gasteiger partial charge in [0.1, 0.15) is 11.5 Å². The highest BCUT2D eigenvalue weighted by molar-refractivity contribution is 6.33. The summed E-state index contributed by atoms with van der Waals surface area (Å²) in [5.74, 6) is -0.390. The minimum absolute atomic E-state index is 0.0346. The Morgan fingerprint density at radius 2 is 1.92 bits per heavy atom. The van der Waals surface area contributed by atoms with Crippen molar-refractivity contribution in [3.05, 3.63) is 34.2 Å². The van der Waals surface area contributed by atoms with Crippen molar-refractivity contribution < 1.29 is 22.8 Å². The molecule has 1 aliphatic rings. The summed E-state index contributed by atoms with van der Waals surface area (Å²) < 4.78 is 40.1. The number of fused-ring (bicyclic) bond motifs is 1. The summed E-state index contributed by atoms with van der Waals surface area (Å²) in [6, 6.07) is 0.789. The molecule has 1 saturated heterocycles. The van der Waals surface area contributed by atoms with Crippen LogP contribution in [0.2, 0.25) is 5.02 Å². The Bertz CT molecular complexity index is 835. The van der Waals surface area contributed by atoms with E-state index < -0.39 is 17.6 Å². The number of carbonyl (C=O) groups excluding carboxylic acids is 2. The molecule has 9 heteroatoms. The highest BCUT2D eigenvalue weighted by Gasteiger charge is 2.33. The van der Waals surface area contributed by atoms with Crippen molar-refractivity contribution >= 4 is 28.9 Å². The predicted molar refractivity (Wildman–Crippen MR) is 80.1 cm³/mol. The standard InChI is InChI=1S/C15H13ClF3N3O2/c1-8-12(14(24)21-4-2-10(23)3-5-21)22-7-9(15(17,18)19)6-11(16)13(22)20-8/h6-7H,2-5H2,1H3. The summed E-state index contributed by atoms with van der Waals surface area (Å²) in [6.45, 7) is 2.03. The first-order chi connectivity index (χ1) is 11.2. The zero-order valence-electron chi connectivity index (χ0n) is 12.7. The molecule has 0 spiro atoms. The lowest BCUT2D eigenvalue weighted by molar-refractivity contribution is -0.137. The van der Waals surface area contributed by atoms with Gasteiger partial charge >= 0.3 is 6.18 Å². The van der Waals surface area contributed by atoms with E-state index in [4.69, 9.17) is 11.6 Å². The highest BCUT2D eigenvalue weighted by atomic mass is 35.5. The van der Waals surface area contributed by atoms with Crippen molar-refractivity contribution in [3.63, 3.8) is 0 Å². The molecule has 2 aromatic heterocycles. The number of nitrogens with zero attached hydrogens (tertiary/aromatic N) is 3. The zero-order valence-corrected chi connectivity index (χ0v) is 13.4. The van der Waals surface area contributed by atoms with Crippen molar-refractivity contribution in [1.29, 1.82) is 0 Å². The van der Waals surface area contributed by atoms with Crippen LogP contribution in [0.25, 0.3) is 5.65 Å². The van der Waals surface area contributed by atoms with E-state index in [0.29, 0.717) is 0 Å². The second-order valence-corrected chi connectivity index (χ2v) is 6.05. The molecule has 0 unspecified atom stereocenters. The number of imidazole rings is 1. The van der Waals surface area contributed by atoms with Crippen LogP contribution in [0, 0.1) is 6.92 Å². The monoisotopic (exact) mass is 359 g/mol. The van der Waals surface area contributed by atoms with Gasteiger partial charge in [0, 0.05) is 32.1 Å². The van der Waals surface area contributed by atoms with Crippen LogP contribution in [0.3, 0.4) is 0 Å². The Kier molecular flexibility index (Phi) is 4.03. The van der Waals surface area contributed by atoms with Crippen molar-refractivity contribution in [3.8, 4) is 0 Å². The SMILES string of the molecule is Cc1nc2c(Cl)cc(C(F)(F)F)cn2c1C(=O)N1CCC(=O)CC1. The van der Waals surface area contributed by atoms with Gasteiger partial charge in [-0.15, -0.1) is 0 Å². The second kappa shape index (κ2) is 5.77. The minimum atomic E-state index is -4.59. The van der Waals surface area contributed by atoms with E-state index in [-0.39, 0.29) is 53.8 Å². The first kappa shape index (κ1) is 16.8. The van der Waals surface area contributed by atoms with Gasteiger partial charge in [-0.2, -0.15) is 13.2 Å². The van der Waals surface area contributed by atoms with Gasteiger partial charge in [0.2, 0.25) is 0 Å². The topological polar surface area (TPSA) is 54.7 Å². The van der Waals surface area contributed by atoms with Gasteiger partial charge in [-0.3, -0.25) is 14.0 Å². The number of carbonyl (C=O) groups is 2. The third-order valence-electron chi connectivity index (χ3n) is 3.99. The molecule has 0 atom stereocenters. The number of pyridine rings is 1. The van der Waals surface area contributed by atoms with Crippen molar-refractivity contribution in [1.82, 2.24) is 14.3 Å². The lowest BCUT2D eigenvalue weighted by Gasteiger charge is -2.26. The molecule has 0 saturated carbocycles. The van der Waals surface area contributed by atoms with Crippen LogP contribution in [-0.4, -0.2) is 39.1 Å². The molecule has 3 rings (SSSR count). The molecular formula is C15H13ClF3N3O2. The van der Waals surface area contributed by atoms with Gasteiger partial charge in [0.25, 0.3) is 5.91 Å². The van der Waals surface area contributed by atoms with Crippen LogP contribution in [0.15, 0.2) is 12.3 Å². The van der Waals surface area contributed by atoms with Gasteiger partial charge in [-0.25, -0.2) is 4.98 Å². The van der Waals surface area contributed by atoms with Crippen LogP contribution in [0.4, 0.5) is 13.2 Å². The van der Waals surface area contributed by atoms with E-state index >= 15 is 0 Å². The number of hydrogen-bond acceptors (Lipinski definition) is 3. The van der Waals surface area contributed by atoms with E-state index in [1.165, 1.54) is 4.90 Å². The molecule has 2 aromatic rings. The molecule has 3 heterocycles.